The molecule has 7 heteroatoms. The number of rotatable bonds is 8. The summed E-state index contributed by atoms with van der Waals surface area (Å²) in [6.45, 7) is 4.85. The number of aromatic nitrogens is 3. The Kier molecular flexibility index (Phi) is 6.04. The number of benzene rings is 1. The lowest BCUT2D eigenvalue weighted by Gasteiger charge is -2.10. The molecule has 2 N–H and O–H groups in total. The molecule has 27 heavy (non-hydrogen) atoms. The fourth-order valence-corrected chi connectivity index (χ4v) is 2.56. The van der Waals surface area contributed by atoms with Crippen molar-refractivity contribution >= 4 is 11.7 Å². The maximum absolute atomic E-state index is 11.9. The van der Waals surface area contributed by atoms with Gasteiger partial charge in [0, 0.05) is 31.5 Å². The van der Waals surface area contributed by atoms with Crippen molar-refractivity contribution in [3.8, 4) is 11.6 Å². The Morgan fingerprint density at radius 2 is 1.89 bits per heavy atom. The molecular weight excluding hydrogens is 342 g/mol. The molecule has 0 saturated heterocycles. The molecule has 0 fully saturated rings. The molecule has 140 valence electrons. The quantitative estimate of drug-likeness (QED) is 0.600. The van der Waals surface area contributed by atoms with Crippen LogP contribution in [0, 0.1) is 13.8 Å². The van der Waals surface area contributed by atoms with Crippen molar-refractivity contribution in [1.29, 1.82) is 0 Å². The van der Waals surface area contributed by atoms with E-state index in [2.05, 4.69) is 20.6 Å². The fraction of sp³-hybridized carbons (Fsp3) is 0.250. The summed E-state index contributed by atoms with van der Waals surface area (Å²) < 4.78 is 7.40. The third kappa shape index (κ3) is 5.57. The number of hydrogen-bond acceptors (Lipinski definition) is 5. The van der Waals surface area contributed by atoms with Crippen LogP contribution >= 0.6 is 0 Å². The SMILES string of the molecule is Cc1cccc(OCC(=O)NCCNc2cc(-n3cccc3)nc(C)n2)c1. The number of nitrogens with one attached hydrogen (secondary N) is 2. The monoisotopic (exact) mass is 365 g/mol. The van der Waals surface area contributed by atoms with Crippen LogP contribution in [0.2, 0.25) is 0 Å². The van der Waals surface area contributed by atoms with E-state index in [1.54, 1.807) is 0 Å². The van der Waals surface area contributed by atoms with E-state index in [0.29, 0.717) is 24.7 Å². The molecule has 1 amide bonds. The van der Waals surface area contributed by atoms with Gasteiger partial charge in [-0.3, -0.25) is 4.79 Å². The largest absolute Gasteiger partial charge is 0.484 e. The highest BCUT2D eigenvalue weighted by molar-refractivity contribution is 5.77. The van der Waals surface area contributed by atoms with E-state index in [1.165, 1.54) is 0 Å². The zero-order chi connectivity index (χ0) is 19.1. The van der Waals surface area contributed by atoms with Crippen molar-refractivity contribution in [1.82, 2.24) is 19.9 Å². The lowest BCUT2D eigenvalue weighted by molar-refractivity contribution is -0.123. The topological polar surface area (TPSA) is 81.1 Å². The number of carbonyl (C=O) groups excluding carboxylic acids is 1. The minimum Gasteiger partial charge on any atom is -0.484 e. The van der Waals surface area contributed by atoms with E-state index in [0.717, 1.165) is 17.2 Å². The molecule has 2 aromatic heterocycles. The lowest BCUT2D eigenvalue weighted by atomic mass is 10.2. The molecule has 0 saturated carbocycles. The van der Waals surface area contributed by atoms with Crippen LogP contribution in [0.15, 0.2) is 54.9 Å². The predicted molar refractivity (Wildman–Crippen MR) is 104 cm³/mol. The van der Waals surface area contributed by atoms with Gasteiger partial charge >= 0.3 is 0 Å². The Balaban J connectivity index is 1.43. The Labute approximate surface area is 158 Å². The smallest absolute Gasteiger partial charge is 0.258 e. The van der Waals surface area contributed by atoms with Gasteiger partial charge < -0.3 is 19.9 Å². The molecule has 3 rings (SSSR count). The van der Waals surface area contributed by atoms with Crippen molar-refractivity contribution in [2.45, 2.75) is 13.8 Å². The lowest BCUT2D eigenvalue weighted by Crippen LogP contribution is -2.32. The van der Waals surface area contributed by atoms with Gasteiger partial charge in [0.25, 0.3) is 5.91 Å². The van der Waals surface area contributed by atoms with Gasteiger partial charge in [-0.05, 0) is 43.7 Å². The summed E-state index contributed by atoms with van der Waals surface area (Å²) in [5, 5.41) is 6.02. The summed E-state index contributed by atoms with van der Waals surface area (Å²) in [7, 11) is 0. The molecule has 7 nitrogen and oxygen atoms in total. The number of hydrogen-bond donors (Lipinski definition) is 2. The second-order valence-corrected chi connectivity index (χ2v) is 6.13. The summed E-state index contributed by atoms with van der Waals surface area (Å²) in [6.07, 6.45) is 3.86. The molecule has 0 spiro atoms. The van der Waals surface area contributed by atoms with Crippen LogP contribution < -0.4 is 15.4 Å². The Bertz CT molecular complexity index is 893. The molecule has 2 heterocycles. The van der Waals surface area contributed by atoms with Crippen LogP contribution in [0.25, 0.3) is 5.82 Å². The fourth-order valence-electron chi connectivity index (χ4n) is 2.56. The Morgan fingerprint density at radius 1 is 1.07 bits per heavy atom. The molecule has 0 radical (unpaired) electrons. The molecular formula is C20H23N5O2. The Hall–Kier alpha value is -3.35. The van der Waals surface area contributed by atoms with Crippen molar-refractivity contribution in [3.63, 3.8) is 0 Å². The van der Waals surface area contributed by atoms with Gasteiger partial charge in [-0.2, -0.15) is 0 Å². The van der Waals surface area contributed by atoms with Crippen LogP contribution in [0.5, 0.6) is 5.75 Å². The number of amides is 1. The molecule has 0 bridgehead atoms. The summed E-state index contributed by atoms with van der Waals surface area (Å²) in [4.78, 5) is 20.7. The number of ether oxygens (including phenoxy) is 1. The highest BCUT2D eigenvalue weighted by atomic mass is 16.5. The van der Waals surface area contributed by atoms with E-state index in [9.17, 15) is 4.79 Å². The van der Waals surface area contributed by atoms with Crippen molar-refractivity contribution in [3.05, 3.63) is 66.2 Å². The Morgan fingerprint density at radius 3 is 2.67 bits per heavy atom. The van der Waals surface area contributed by atoms with Crippen LogP contribution in [-0.4, -0.2) is 40.1 Å². The molecule has 0 aliphatic carbocycles. The van der Waals surface area contributed by atoms with Gasteiger partial charge in [0.1, 0.15) is 23.2 Å². The van der Waals surface area contributed by atoms with E-state index < -0.39 is 0 Å². The maximum Gasteiger partial charge on any atom is 0.258 e. The van der Waals surface area contributed by atoms with Crippen LogP contribution in [0.4, 0.5) is 5.82 Å². The average Bonchev–Trinajstić information content (AvgIpc) is 3.18. The zero-order valence-electron chi connectivity index (χ0n) is 15.5. The minimum absolute atomic E-state index is 0.00611. The van der Waals surface area contributed by atoms with Crippen LogP contribution in [-0.2, 0) is 4.79 Å². The van der Waals surface area contributed by atoms with Gasteiger partial charge in [0.2, 0.25) is 0 Å². The van der Waals surface area contributed by atoms with Gasteiger partial charge in [0.15, 0.2) is 6.61 Å². The van der Waals surface area contributed by atoms with Gasteiger partial charge in [-0.15, -0.1) is 0 Å². The highest BCUT2D eigenvalue weighted by Crippen LogP contribution is 2.12. The standard InChI is InChI=1S/C20H23N5O2/c1-15-6-5-7-17(12-15)27-14-20(26)22-9-8-21-18-13-19(24-16(2)23-18)25-10-3-4-11-25/h3-7,10-13H,8-9,14H2,1-2H3,(H,22,26)(H,21,23,24). The third-order valence-corrected chi connectivity index (χ3v) is 3.81. The summed E-state index contributed by atoms with van der Waals surface area (Å²) in [5.74, 6) is 2.73. The second-order valence-electron chi connectivity index (χ2n) is 6.13. The maximum atomic E-state index is 11.9. The molecule has 0 unspecified atom stereocenters. The van der Waals surface area contributed by atoms with E-state index in [1.807, 2.05) is 73.3 Å². The first-order valence-corrected chi connectivity index (χ1v) is 8.79. The molecule has 0 aliphatic rings. The van der Waals surface area contributed by atoms with Gasteiger partial charge in [-0.25, -0.2) is 9.97 Å². The van der Waals surface area contributed by atoms with E-state index in [-0.39, 0.29) is 12.5 Å². The third-order valence-electron chi connectivity index (χ3n) is 3.81. The molecule has 0 atom stereocenters. The van der Waals surface area contributed by atoms with E-state index in [4.69, 9.17) is 4.74 Å². The zero-order valence-corrected chi connectivity index (χ0v) is 15.5. The normalized spacial score (nSPS) is 10.4. The molecule has 0 aliphatic heterocycles. The summed E-state index contributed by atoms with van der Waals surface area (Å²) in [6, 6.07) is 13.4. The first-order chi connectivity index (χ1) is 13.1. The first kappa shape index (κ1) is 18.4. The number of anilines is 1. The van der Waals surface area contributed by atoms with Crippen molar-refractivity contribution < 1.29 is 9.53 Å². The van der Waals surface area contributed by atoms with Crippen LogP contribution in [0.1, 0.15) is 11.4 Å². The number of carbonyl (C=O) groups is 1. The van der Waals surface area contributed by atoms with Crippen molar-refractivity contribution in [2.24, 2.45) is 0 Å². The summed E-state index contributed by atoms with van der Waals surface area (Å²) >= 11 is 0. The van der Waals surface area contributed by atoms with E-state index >= 15 is 0 Å². The number of nitrogens with zero attached hydrogens (tertiary/aromatic N) is 3. The van der Waals surface area contributed by atoms with Gasteiger partial charge in [-0.1, -0.05) is 12.1 Å². The number of aryl methyl sites for hydroxylation is 2. The predicted octanol–water partition coefficient (Wildman–Crippen LogP) is 2.49. The molecule has 3 aromatic rings. The highest BCUT2D eigenvalue weighted by Gasteiger charge is 2.05. The van der Waals surface area contributed by atoms with Crippen molar-refractivity contribution in [2.75, 3.05) is 25.0 Å². The second kappa shape index (κ2) is 8.84. The van der Waals surface area contributed by atoms with Gasteiger partial charge in [0.05, 0.1) is 0 Å². The average molecular weight is 365 g/mol. The first-order valence-electron chi connectivity index (χ1n) is 8.79. The molecule has 1 aromatic carbocycles. The summed E-state index contributed by atoms with van der Waals surface area (Å²) in [5.41, 5.74) is 1.09. The minimum atomic E-state index is -0.162. The van der Waals surface area contributed by atoms with Crippen LogP contribution in [0.3, 0.4) is 0 Å².